The number of rotatable bonds is 7. The summed E-state index contributed by atoms with van der Waals surface area (Å²) in [7, 11) is -3.61. The van der Waals surface area contributed by atoms with E-state index in [2.05, 4.69) is 10.0 Å². The topological polar surface area (TPSA) is 102 Å². The lowest BCUT2D eigenvalue weighted by Gasteiger charge is -2.14. The lowest BCUT2D eigenvalue weighted by molar-refractivity contribution is -0.123. The van der Waals surface area contributed by atoms with Crippen LogP contribution in [0.2, 0.25) is 5.02 Å². The molecule has 150 valence electrons. The monoisotopic (exact) mass is 424 g/mol. The predicted molar refractivity (Wildman–Crippen MR) is 107 cm³/mol. The SMILES string of the molecule is CC(C)NS(=O)(=O)c1ccc(NC(=O)[C@@H](C)OC(=O)c2cccc(Cl)c2)cc1. The molecule has 2 aromatic carbocycles. The third-order valence-electron chi connectivity index (χ3n) is 3.54. The molecular formula is C19H21ClN2O5S. The van der Waals surface area contributed by atoms with Crippen LogP contribution in [0.4, 0.5) is 5.69 Å². The Bertz CT molecular complexity index is 959. The number of nitrogens with one attached hydrogen (secondary N) is 2. The fourth-order valence-corrected chi connectivity index (χ4v) is 3.68. The minimum absolute atomic E-state index is 0.0830. The number of carbonyl (C=O) groups is 2. The lowest BCUT2D eigenvalue weighted by Crippen LogP contribution is -2.30. The molecule has 0 unspecified atom stereocenters. The van der Waals surface area contributed by atoms with Crippen molar-refractivity contribution in [1.29, 1.82) is 0 Å². The van der Waals surface area contributed by atoms with Crippen LogP contribution in [-0.4, -0.2) is 32.4 Å². The molecule has 0 aromatic heterocycles. The van der Waals surface area contributed by atoms with Crippen molar-refractivity contribution in [3.05, 3.63) is 59.1 Å². The number of anilines is 1. The van der Waals surface area contributed by atoms with Gasteiger partial charge in [0, 0.05) is 16.8 Å². The van der Waals surface area contributed by atoms with E-state index in [9.17, 15) is 18.0 Å². The molecule has 0 radical (unpaired) electrons. The highest BCUT2D eigenvalue weighted by molar-refractivity contribution is 7.89. The second-order valence-corrected chi connectivity index (χ2v) is 8.50. The molecule has 1 amide bonds. The highest BCUT2D eigenvalue weighted by Crippen LogP contribution is 2.16. The van der Waals surface area contributed by atoms with Crippen molar-refractivity contribution in [1.82, 2.24) is 4.72 Å². The summed E-state index contributed by atoms with van der Waals surface area (Å²) in [5, 5.41) is 2.95. The number of carbonyl (C=O) groups excluding carboxylic acids is 2. The van der Waals surface area contributed by atoms with Crippen molar-refractivity contribution in [3.8, 4) is 0 Å². The van der Waals surface area contributed by atoms with Crippen LogP contribution in [0.5, 0.6) is 0 Å². The Morgan fingerprint density at radius 2 is 1.68 bits per heavy atom. The molecule has 0 fully saturated rings. The van der Waals surface area contributed by atoms with Gasteiger partial charge in [-0.2, -0.15) is 0 Å². The highest BCUT2D eigenvalue weighted by Gasteiger charge is 2.20. The van der Waals surface area contributed by atoms with Gasteiger partial charge in [-0.25, -0.2) is 17.9 Å². The van der Waals surface area contributed by atoms with E-state index < -0.39 is 28.0 Å². The van der Waals surface area contributed by atoms with E-state index in [-0.39, 0.29) is 16.5 Å². The van der Waals surface area contributed by atoms with Gasteiger partial charge in [0.25, 0.3) is 5.91 Å². The highest BCUT2D eigenvalue weighted by atomic mass is 35.5. The minimum atomic E-state index is -3.61. The summed E-state index contributed by atoms with van der Waals surface area (Å²) in [4.78, 5) is 24.4. The average molecular weight is 425 g/mol. The second kappa shape index (κ2) is 9.18. The molecule has 1 atom stereocenters. The van der Waals surface area contributed by atoms with Crippen LogP contribution in [0, 0.1) is 0 Å². The molecular weight excluding hydrogens is 404 g/mol. The fourth-order valence-electron chi connectivity index (χ4n) is 2.24. The Kier molecular flexibility index (Phi) is 7.17. The van der Waals surface area contributed by atoms with Gasteiger partial charge in [-0.05, 0) is 63.2 Å². The van der Waals surface area contributed by atoms with Gasteiger partial charge in [-0.3, -0.25) is 4.79 Å². The Morgan fingerprint density at radius 1 is 1.04 bits per heavy atom. The Balaban J connectivity index is 1.99. The molecule has 2 N–H and O–H groups in total. The quantitative estimate of drug-likeness (QED) is 0.664. The first-order chi connectivity index (χ1) is 13.1. The molecule has 2 aromatic rings. The molecule has 0 heterocycles. The van der Waals surface area contributed by atoms with Gasteiger partial charge in [0.05, 0.1) is 10.5 Å². The standard InChI is InChI=1S/C19H21ClN2O5S/c1-12(2)22-28(25,26)17-9-7-16(8-10-17)21-18(23)13(3)27-19(24)14-5-4-6-15(20)11-14/h4-13,22H,1-3H3,(H,21,23)/t13-/m1/s1. The maximum absolute atomic E-state index is 12.2. The number of esters is 1. The van der Waals surface area contributed by atoms with Gasteiger partial charge in [0.2, 0.25) is 10.0 Å². The van der Waals surface area contributed by atoms with Crippen LogP contribution in [0.3, 0.4) is 0 Å². The van der Waals surface area contributed by atoms with Crippen LogP contribution in [0.15, 0.2) is 53.4 Å². The van der Waals surface area contributed by atoms with E-state index in [4.69, 9.17) is 16.3 Å². The van der Waals surface area contributed by atoms with E-state index in [0.717, 1.165) is 0 Å². The second-order valence-electron chi connectivity index (χ2n) is 6.35. The van der Waals surface area contributed by atoms with E-state index in [1.165, 1.54) is 43.3 Å². The average Bonchev–Trinajstić information content (AvgIpc) is 2.61. The summed E-state index contributed by atoms with van der Waals surface area (Å²) in [5.41, 5.74) is 0.610. The zero-order valence-corrected chi connectivity index (χ0v) is 17.2. The Hall–Kier alpha value is -2.42. The number of amides is 1. The number of benzene rings is 2. The summed E-state index contributed by atoms with van der Waals surface area (Å²) in [6, 6.07) is 11.6. The Morgan fingerprint density at radius 3 is 2.25 bits per heavy atom. The first-order valence-electron chi connectivity index (χ1n) is 8.48. The summed E-state index contributed by atoms with van der Waals surface area (Å²) in [5.74, 6) is -1.22. The van der Waals surface area contributed by atoms with Crippen molar-refractivity contribution < 1.29 is 22.7 Å². The third kappa shape index (κ3) is 6.05. The number of ether oxygens (including phenoxy) is 1. The van der Waals surface area contributed by atoms with Gasteiger partial charge in [0.15, 0.2) is 6.10 Å². The third-order valence-corrected chi connectivity index (χ3v) is 5.45. The Labute approximate surface area is 169 Å². The fraction of sp³-hybridized carbons (Fsp3) is 0.263. The van der Waals surface area contributed by atoms with Gasteiger partial charge in [-0.15, -0.1) is 0 Å². The molecule has 0 spiro atoms. The van der Waals surface area contributed by atoms with E-state index >= 15 is 0 Å². The molecule has 2 rings (SSSR count). The normalized spacial score (nSPS) is 12.5. The first kappa shape index (κ1) is 21.9. The molecule has 0 saturated heterocycles. The number of hydrogen-bond acceptors (Lipinski definition) is 5. The zero-order valence-electron chi connectivity index (χ0n) is 15.6. The smallest absolute Gasteiger partial charge is 0.338 e. The van der Waals surface area contributed by atoms with E-state index in [1.54, 1.807) is 26.0 Å². The number of hydrogen-bond donors (Lipinski definition) is 2. The van der Waals surface area contributed by atoms with Crippen LogP contribution in [0.25, 0.3) is 0 Å². The maximum atomic E-state index is 12.2. The van der Waals surface area contributed by atoms with Gasteiger partial charge in [0.1, 0.15) is 0 Å². The van der Waals surface area contributed by atoms with E-state index in [0.29, 0.717) is 10.7 Å². The van der Waals surface area contributed by atoms with Crippen LogP contribution in [0.1, 0.15) is 31.1 Å². The van der Waals surface area contributed by atoms with Crippen molar-refractivity contribution in [2.45, 2.75) is 37.8 Å². The lowest BCUT2D eigenvalue weighted by atomic mass is 10.2. The summed E-state index contributed by atoms with van der Waals surface area (Å²) >= 11 is 5.83. The number of sulfonamides is 1. The van der Waals surface area contributed by atoms with Crippen LogP contribution in [-0.2, 0) is 19.6 Å². The van der Waals surface area contributed by atoms with Crippen LogP contribution < -0.4 is 10.0 Å². The van der Waals surface area contributed by atoms with Crippen molar-refractivity contribution in [2.24, 2.45) is 0 Å². The minimum Gasteiger partial charge on any atom is -0.449 e. The summed E-state index contributed by atoms with van der Waals surface area (Å²) < 4.78 is 31.8. The van der Waals surface area contributed by atoms with E-state index in [1.807, 2.05) is 0 Å². The van der Waals surface area contributed by atoms with Gasteiger partial charge in [-0.1, -0.05) is 17.7 Å². The predicted octanol–water partition coefficient (Wildman–Crippen LogP) is 3.21. The molecule has 28 heavy (non-hydrogen) atoms. The summed E-state index contributed by atoms with van der Waals surface area (Å²) in [6.45, 7) is 4.87. The maximum Gasteiger partial charge on any atom is 0.338 e. The molecule has 0 aliphatic rings. The first-order valence-corrected chi connectivity index (χ1v) is 10.3. The summed E-state index contributed by atoms with van der Waals surface area (Å²) in [6.07, 6.45) is -1.06. The molecule has 0 aliphatic carbocycles. The largest absolute Gasteiger partial charge is 0.449 e. The molecule has 9 heteroatoms. The number of halogens is 1. The zero-order chi connectivity index (χ0) is 20.9. The molecule has 0 aliphatic heterocycles. The van der Waals surface area contributed by atoms with Gasteiger partial charge >= 0.3 is 5.97 Å². The van der Waals surface area contributed by atoms with Crippen molar-refractivity contribution in [2.75, 3.05) is 5.32 Å². The van der Waals surface area contributed by atoms with Crippen LogP contribution >= 0.6 is 11.6 Å². The van der Waals surface area contributed by atoms with Gasteiger partial charge < -0.3 is 10.1 Å². The molecule has 0 bridgehead atoms. The van der Waals surface area contributed by atoms with Crippen molar-refractivity contribution in [3.63, 3.8) is 0 Å². The molecule has 7 nitrogen and oxygen atoms in total. The van der Waals surface area contributed by atoms with Crippen molar-refractivity contribution >= 4 is 39.2 Å². The molecule has 0 saturated carbocycles.